The number of carbonyl (C=O) groups is 4. The number of amides is 4. The number of carbonyl (C=O) groups excluding carboxylic acids is 4. The van der Waals surface area contributed by atoms with Crippen molar-refractivity contribution in [2.45, 2.75) is 25.8 Å². The molecule has 1 aliphatic carbocycles. The van der Waals surface area contributed by atoms with Crippen LogP contribution in [0, 0.1) is 11.8 Å². The van der Waals surface area contributed by atoms with Crippen molar-refractivity contribution in [2.75, 3.05) is 11.9 Å². The van der Waals surface area contributed by atoms with Gasteiger partial charge < -0.3 is 10.6 Å². The zero-order valence-corrected chi connectivity index (χ0v) is 17.5. The number of hydrogen-bond acceptors (Lipinski definition) is 5. The van der Waals surface area contributed by atoms with Crippen LogP contribution in [0.15, 0.2) is 60.9 Å². The summed E-state index contributed by atoms with van der Waals surface area (Å²) < 4.78 is 0. The van der Waals surface area contributed by atoms with Gasteiger partial charge in [0.05, 0.1) is 23.1 Å². The summed E-state index contributed by atoms with van der Waals surface area (Å²) >= 11 is 0. The molecule has 1 fully saturated rings. The third-order valence-corrected chi connectivity index (χ3v) is 5.78. The molecule has 2 heterocycles. The van der Waals surface area contributed by atoms with E-state index >= 15 is 0 Å². The van der Waals surface area contributed by atoms with Crippen LogP contribution < -0.4 is 10.6 Å². The van der Waals surface area contributed by atoms with E-state index in [1.165, 1.54) is 4.90 Å². The number of allylic oxidation sites excluding steroid dienone is 2. The van der Waals surface area contributed by atoms with Crippen LogP contribution in [0.25, 0.3) is 0 Å². The lowest BCUT2D eigenvalue weighted by Gasteiger charge is -2.15. The van der Waals surface area contributed by atoms with E-state index in [1.54, 1.807) is 42.7 Å². The molecule has 2 atom stereocenters. The largest absolute Gasteiger partial charge is 0.348 e. The lowest BCUT2D eigenvalue weighted by molar-refractivity contribution is -0.140. The number of rotatable bonds is 7. The molecule has 2 N–H and O–H groups in total. The highest BCUT2D eigenvalue weighted by Crippen LogP contribution is 2.35. The molecule has 1 aromatic carbocycles. The standard InChI is InChI=1S/C24H24N4O4/c29-21(11-13-28-23(31)17-7-1-2-8-18(17)24(28)32)27-20-10-4-3-9-19(20)22(30)26-15-16-6-5-12-25-14-16/h1-6,9-10,12,14,17-18H,7-8,11,13,15H2,(H,26,30)(H,27,29)/t17-,18+. The van der Waals surface area contributed by atoms with Crippen LogP contribution in [0.2, 0.25) is 0 Å². The number of anilines is 1. The SMILES string of the molecule is O=C(CCN1C(=O)[C@H]2CC=CC[C@H]2C1=O)Nc1ccccc1C(=O)NCc1cccnc1. The highest BCUT2D eigenvalue weighted by atomic mass is 16.2. The number of hydrogen-bond donors (Lipinski definition) is 2. The van der Waals surface area contributed by atoms with Crippen LogP contribution in [0.1, 0.15) is 35.2 Å². The average molecular weight is 432 g/mol. The summed E-state index contributed by atoms with van der Waals surface area (Å²) in [7, 11) is 0. The Morgan fingerprint density at radius 3 is 2.41 bits per heavy atom. The van der Waals surface area contributed by atoms with Crippen LogP contribution in [-0.2, 0) is 20.9 Å². The Morgan fingerprint density at radius 1 is 1.00 bits per heavy atom. The van der Waals surface area contributed by atoms with Crippen molar-refractivity contribution in [2.24, 2.45) is 11.8 Å². The van der Waals surface area contributed by atoms with Crippen LogP contribution in [0.5, 0.6) is 0 Å². The minimum Gasteiger partial charge on any atom is -0.348 e. The van der Waals surface area contributed by atoms with Crippen molar-refractivity contribution in [1.29, 1.82) is 0 Å². The fourth-order valence-electron chi connectivity index (χ4n) is 4.09. The maximum absolute atomic E-state index is 12.6. The van der Waals surface area contributed by atoms with Gasteiger partial charge in [0.25, 0.3) is 5.91 Å². The van der Waals surface area contributed by atoms with E-state index in [0.29, 0.717) is 30.6 Å². The second-order valence-corrected chi connectivity index (χ2v) is 7.87. The van der Waals surface area contributed by atoms with Crippen LogP contribution in [0.3, 0.4) is 0 Å². The summed E-state index contributed by atoms with van der Waals surface area (Å²) in [5, 5.41) is 5.54. The van der Waals surface area contributed by atoms with Crippen molar-refractivity contribution < 1.29 is 19.2 Å². The number of imide groups is 1. The summed E-state index contributed by atoms with van der Waals surface area (Å²) in [6.07, 6.45) is 8.29. The lowest BCUT2D eigenvalue weighted by Crippen LogP contribution is -2.34. The first kappa shape index (κ1) is 21.4. The van der Waals surface area contributed by atoms with Gasteiger partial charge in [0.15, 0.2) is 0 Å². The highest BCUT2D eigenvalue weighted by Gasteiger charge is 2.46. The molecule has 2 aromatic rings. The van der Waals surface area contributed by atoms with Gasteiger partial charge in [0, 0.05) is 31.9 Å². The van der Waals surface area contributed by atoms with E-state index in [1.807, 2.05) is 18.2 Å². The van der Waals surface area contributed by atoms with Gasteiger partial charge in [-0.1, -0.05) is 30.4 Å². The van der Waals surface area contributed by atoms with E-state index in [9.17, 15) is 19.2 Å². The van der Waals surface area contributed by atoms with Crippen LogP contribution in [0.4, 0.5) is 5.69 Å². The second kappa shape index (κ2) is 9.55. The van der Waals surface area contributed by atoms with Crippen molar-refractivity contribution >= 4 is 29.3 Å². The summed E-state index contributed by atoms with van der Waals surface area (Å²) in [5.74, 6) is -1.71. The predicted molar refractivity (Wildman–Crippen MR) is 117 cm³/mol. The van der Waals surface area contributed by atoms with Gasteiger partial charge >= 0.3 is 0 Å². The van der Waals surface area contributed by atoms with Gasteiger partial charge in [-0.2, -0.15) is 0 Å². The van der Waals surface area contributed by atoms with E-state index in [-0.39, 0.29) is 48.4 Å². The Labute approximate surface area is 185 Å². The second-order valence-electron chi connectivity index (χ2n) is 7.87. The van der Waals surface area contributed by atoms with Gasteiger partial charge in [-0.15, -0.1) is 0 Å². The van der Waals surface area contributed by atoms with E-state index < -0.39 is 0 Å². The molecule has 32 heavy (non-hydrogen) atoms. The lowest BCUT2D eigenvalue weighted by atomic mass is 9.85. The molecule has 164 valence electrons. The molecular weight excluding hydrogens is 408 g/mol. The van der Waals surface area contributed by atoms with Gasteiger partial charge in [-0.3, -0.25) is 29.1 Å². The molecular formula is C24H24N4O4. The molecule has 4 rings (SSSR count). The Kier molecular flexibility index (Phi) is 6.39. The summed E-state index contributed by atoms with van der Waals surface area (Å²) in [6, 6.07) is 10.3. The Bertz CT molecular complexity index is 1040. The zero-order valence-electron chi connectivity index (χ0n) is 17.5. The number of fused-ring (bicyclic) bond motifs is 1. The van der Waals surface area contributed by atoms with Gasteiger partial charge in [0.2, 0.25) is 17.7 Å². The molecule has 4 amide bonds. The molecule has 0 saturated carbocycles. The monoisotopic (exact) mass is 432 g/mol. The molecule has 8 nitrogen and oxygen atoms in total. The van der Waals surface area contributed by atoms with Crippen molar-refractivity contribution in [1.82, 2.24) is 15.2 Å². The molecule has 1 saturated heterocycles. The van der Waals surface area contributed by atoms with Crippen molar-refractivity contribution in [3.05, 3.63) is 72.1 Å². The normalized spacial score (nSPS) is 19.6. The molecule has 1 aromatic heterocycles. The summed E-state index contributed by atoms with van der Waals surface area (Å²) in [4.78, 5) is 55.5. The van der Waals surface area contributed by atoms with Crippen LogP contribution in [-0.4, -0.2) is 40.1 Å². The number of likely N-dealkylation sites (tertiary alicyclic amines) is 1. The average Bonchev–Trinajstić information content (AvgIpc) is 3.07. The summed E-state index contributed by atoms with van der Waals surface area (Å²) in [5.41, 5.74) is 1.56. The Hall–Kier alpha value is -3.81. The fourth-order valence-corrected chi connectivity index (χ4v) is 4.09. The fraction of sp³-hybridized carbons (Fsp3) is 0.292. The molecule has 0 unspecified atom stereocenters. The third-order valence-electron chi connectivity index (χ3n) is 5.78. The van der Waals surface area contributed by atoms with Crippen molar-refractivity contribution in [3.63, 3.8) is 0 Å². The maximum atomic E-state index is 12.6. The smallest absolute Gasteiger partial charge is 0.253 e. The Morgan fingerprint density at radius 2 is 1.72 bits per heavy atom. The molecule has 0 radical (unpaired) electrons. The van der Waals surface area contributed by atoms with E-state index in [2.05, 4.69) is 15.6 Å². The van der Waals surface area contributed by atoms with Gasteiger partial charge in [-0.05, 0) is 36.6 Å². The number of nitrogens with one attached hydrogen (secondary N) is 2. The minimum absolute atomic E-state index is 0.0318. The minimum atomic E-state index is -0.369. The number of para-hydroxylation sites is 1. The number of nitrogens with zero attached hydrogens (tertiary/aromatic N) is 2. The van der Waals surface area contributed by atoms with Gasteiger partial charge in [0.1, 0.15) is 0 Å². The highest BCUT2D eigenvalue weighted by molar-refractivity contribution is 6.06. The zero-order chi connectivity index (χ0) is 22.5. The number of pyridine rings is 1. The first-order valence-electron chi connectivity index (χ1n) is 10.6. The molecule has 2 aliphatic rings. The quantitative estimate of drug-likeness (QED) is 0.516. The van der Waals surface area contributed by atoms with E-state index in [0.717, 1.165) is 5.56 Å². The first-order chi connectivity index (χ1) is 15.5. The topological polar surface area (TPSA) is 108 Å². The van der Waals surface area contributed by atoms with Crippen LogP contribution >= 0.6 is 0 Å². The predicted octanol–water partition coefficient (Wildman–Crippen LogP) is 2.29. The first-order valence-corrected chi connectivity index (χ1v) is 10.6. The molecule has 8 heteroatoms. The molecule has 0 spiro atoms. The molecule has 0 bridgehead atoms. The van der Waals surface area contributed by atoms with E-state index in [4.69, 9.17) is 0 Å². The molecule has 1 aliphatic heterocycles. The van der Waals surface area contributed by atoms with Crippen molar-refractivity contribution in [3.8, 4) is 0 Å². The summed E-state index contributed by atoms with van der Waals surface area (Å²) in [6.45, 7) is 0.344. The maximum Gasteiger partial charge on any atom is 0.253 e. The number of aromatic nitrogens is 1. The third kappa shape index (κ3) is 4.59. The van der Waals surface area contributed by atoms with Gasteiger partial charge in [-0.25, -0.2) is 0 Å². The number of benzene rings is 1. The Balaban J connectivity index is 1.34.